The van der Waals surface area contributed by atoms with E-state index in [4.69, 9.17) is 5.73 Å². The van der Waals surface area contributed by atoms with Crippen LogP contribution in [-0.4, -0.2) is 20.1 Å². The van der Waals surface area contributed by atoms with Gasteiger partial charge in [-0.1, -0.05) is 29.8 Å². The maximum absolute atomic E-state index is 12.7. The zero-order chi connectivity index (χ0) is 17.7. The van der Waals surface area contributed by atoms with Gasteiger partial charge in [-0.15, -0.1) is 11.8 Å². The zero-order valence-corrected chi connectivity index (χ0v) is 15.2. The van der Waals surface area contributed by atoms with Crippen LogP contribution < -0.4 is 10.5 Å². The van der Waals surface area contributed by atoms with Crippen molar-refractivity contribution in [2.75, 3.05) is 10.5 Å². The molecule has 0 heterocycles. The second-order valence-corrected chi connectivity index (χ2v) is 8.22. The Morgan fingerprint density at radius 2 is 1.88 bits per heavy atom. The summed E-state index contributed by atoms with van der Waals surface area (Å²) in [6.45, 7) is 3.69. The molecule has 0 aliphatic carbocycles. The van der Waals surface area contributed by atoms with E-state index in [1.54, 1.807) is 31.2 Å². The lowest BCUT2D eigenvalue weighted by molar-refractivity contribution is -0.117. The standard InChI is InChI=1S/C17H20N2O3S2/c1-12-7-8-16(13(2)11-12)24(21,22)19-14-5-3-4-6-15(14)23-10-9-17(18)20/h3-8,11,19H,9-10H2,1-2H3,(H2,18,20). The molecule has 3 N–H and O–H groups in total. The third kappa shape index (κ3) is 4.75. The predicted molar refractivity (Wildman–Crippen MR) is 97.7 cm³/mol. The third-order valence-corrected chi connectivity index (χ3v) is 5.96. The molecule has 2 aromatic carbocycles. The van der Waals surface area contributed by atoms with Crippen molar-refractivity contribution in [2.24, 2.45) is 5.73 Å². The summed E-state index contributed by atoms with van der Waals surface area (Å²) in [5.74, 6) is 0.119. The molecule has 2 aromatic rings. The van der Waals surface area contributed by atoms with Crippen molar-refractivity contribution in [3.05, 3.63) is 53.6 Å². The Bertz CT molecular complexity index is 849. The Kier molecular flexibility index (Phi) is 5.90. The lowest BCUT2D eigenvalue weighted by atomic mass is 10.2. The van der Waals surface area contributed by atoms with Gasteiger partial charge in [-0.2, -0.15) is 0 Å². The van der Waals surface area contributed by atoms with Gasteiger partial charge in [0.1, 0.15) is 0 Å². The minimum absolute atomic E-state index is 0.239. The van der Waals surface area contributed by atoms with Gasteiger partial charge in [-0.05, 0) is 37.6 Å². The van der Waals surface area contributed by atoms with E-state index in [-0.39, 0.29) is 17.2 Å². The summed E-state index contributed by atoms with van der Waals surface area (Å²) in [6.07, 6.45) is 0.239. The topological polar surface area (TPSA) is 89.3 Å². The van der Waals surface area contributed by atoms with Crippen LogP contribution in [0.2, 0.25) is 0 Å². The Morgan fingerprint density at radius 3 is 2.54 bits per heavy atom. The number of thioether (sulfide) groups is 1. The molecule has 0 saturated carbocycles. The number of primary amides is 1. The van der Waals surface area contributed by atoms with Gasteiger partial charge in [-0.25, -0.2) is 8.42 Å². The Morgan fingerprint density at radius 1 is 1.17 bits per heavy atom. The van der Waals surface area contributed by atoms with Crippen LogP contribution in [0.25, 0.3) is 0 Å². The smallest absolute Gasteiger partial charge is 0.262 e. The lowest BCUT2D eigenvalue weighted by Gasteiger charge is -2.14. The molecule has 0 aliphatic rings. The summed E-state index contributed by atoms with van der Waals surface area (Å²) in [6, 6.07) is 12.3. The quantitative estimate of drug-likeness (QED) is 0.739. The fraction of sp³-hybridized carbons (Fsp3) is 0.235. The first kappa shape index (κ1) is 18.4. The van der Waals surface area contributed by atoms with Crippen LogP contribution in [-0.2, 0) is 14.8 Å². The van der Waals surface area contributed by atoms with Crippen molar-refractivity contribution in [3.8, 4) is 0 Å². The van der Waals surface area contributed by atoms with Crippen LogP contribution >= 0.6 is 11.8 Å². The van der Waals surface area contributed by atoms with E-state index in [1.165, 1.54) is 11.8 Å². The van der Waals surface area contributed by atoms with Gasteiger partial charge in [0.15, 0.2) is 0 Å². The molecule has 0 atom stereocenters. The molecule has 0 spiro atoms. The van der Waals surface area contributed by atoms with E-state index in [1.807, 2.05) is 25.1 Å². The molecule has 0 aliphatic heterocycles. The third-order valence-electron chi connectivity index (χ3n) is 3.36. The number of benzene rings is 2. The molecule has 0 aromatic heterocycles. The molecule has 0 bridgehead atoms. The minimum atomic E-state index is -3.68. The van der Waals surface area contributed by atoms with E-state index in [2.05, 4.69) is 4.72 Å². The molecule has 0 saturated heterocycles. The summed E-state index contributed by atoms with van der Waals surface area (Å²) in [5, 5.41) is 0. The van der Waals surface area contributed by atoms with Gasteiger partial charge in [0.25, 0.3) is 10.0 Å². The van der Waals surface area contributed by atoms with Gasteiger partial charge in [0.05, 0.1) is 10.6 Å². The number of anilines is 1. The van der Waals surface area contributed by atoms with Gasteiger partial charge in [0, 0.05) is 17.1 Å². The van der Waals surface area contributed by atoms with E-state index in [9.17, 15) is 13.2 Å². The molecule has 0 radical (unpaired) electrons. The SMILES string of the molecule is Cc1ccc(S(=O)(=O)Nc2ccccc2SCCC(N)=O)c(C)c1. The van der Waals surface area contributed by atoms with Crippen LogP contribution in [0.15, 0.2) is 52.3 Å². The van der Waals surface area contributed by atoms with E-state index >= 15 is 0 Å². The highest BCUT2D eigenvalue weighted by Crippen LogP contribution is 2.30. The average molecular weight is 364 g/mol. The number of hydrogen-bond acceptors (Lipinski definition) is 4. The van der Waals surface area contributed by atoms with Crippen LogP contribution in [0.4, 0.5) is 5.69 Å². The molecule has 1 amide bonds. The number of hydrogen-bond donors (Lipinski definition) is 2. The largest absolute Gasteiger partial charge is 0.370 e. The number of nitrogens with two attached hydrogens (primary N) is 1. The van der Waals surface area contributed by atoms with Gasteiger partial charge in [0.2, 0.25) is 5.91 Å². The fourth-order valence-corrected chi connectivity index (χ4v) is 4.58. The normalized spacial score (nSPS) is 11.2. The van der Waals surface area contributed by atoms with Crippen molar-refractivity contribution in [1.82, 2.24) is 0 Å². The molecule has 0 unspecified atom stereocenters. The summed E-state index contributed by atoms with van der Waals surface area (Å²) < 4.78 is 28.0. The fourth-order valence-electron chi connectivity index (χ4n) is 2.24. The zero-order valence-electron chi connectivity index (χ0n) is 13.6. The molecule has 7 heteroatoms. The number of nitrogens with one attached hydrogen (secondary N) is 1. The molecule has 24 heavy (non-hydrogen) atoms. The van der Waals surface area contributed by atoms with Crippen LogP contribution in [0.3, 0.4) is 0 Å². The van der Waals surface area contributed by atoms with Crippen LogP contribution in [0.5, 0.6) is 0 Å². The maximum Gasteiger partial charge on any atom is 0.262 e. The molecule has 5 nitrogen and oxygen atoms in total. The Hall–Kier alpha value is -1.99. The summed E-state index contributed by atoms with van der Waals surface area (Å²) >= 11 is 1.39. The number of rotatable bonds is 7. The maximum atomic E-state index is 12.7. The first-order valence-corrected chi connectivity index (χ1v) is 9.86. The highest BCUT2D eigenvalue weighted by Gasteiger charge is 2.18. The van der Waals surface area contributed by atoms with E-state index in [0.29, 0.717) is 17.0 Å². The number of sulfonamides is 1. The Balaban J connectivity index is 2.25. The second-order valence-electron chi connectivity index (χ2n) is 5.44. The number of carbonyl (C=O) groups excluding carboxylic acids is 1. The van der Waals surface area contributed by atoms with Gasteiger partial charge < -0.3 is 5.73 Å². The molecular weight excluding hydrogens is 344 g/mol. The monoisotopic (exact) mass is 364 g/mol. The second kappa shape index (κ2) is 7.72. The van der Waals surface area contributed by atoms with Crippen molar-refractivity contribution in [3.63, 3.8) is 0 Å². The van der Waals surface area contributed by atoms with Crippen LogP contribution in [0, 0.1) is 13.8 Å². The molecular formula is C17H20N2O3S2. The molecule has 128 valence electrons. The summed E-state index contributed by atoms with van der Waals surface area (Å²) in [7, 11) is -3.68. The Labute approximate surface area is 146 Å². The number of amides is 1. The van der Waals surface area contributed by atoms with E-state index in [0.717, 1.165) is 10.5 Å². The highest BCUT2D eigenvalue weighted by atomic mass is 32.2. The van der Waals surface area contributed by atoms with Gasteiger partial charge in [-0.3, -0.25) is 9.52 Å². The first-order valence-electron chi connectivity index (χ1n) is 7.40. The predicted octanol–water partition coefficient (Wildman–Crippen LogP) is 3.07. The van der Waals surface area contributed by atoms with Crippen molar-refractivity contribution in [1.29, 1.82) is 0 Å². The summed E-state index contributed by atoms with van der Waals surface area (Å²) in [5.41, 5.74) is 7.33. The molecule has 2 rings (SSSR count). The van der Waals surface area contributed by atoms with Crippen LogP contribution in [0.1, 0.15) is 17.5 Å². The van der Waals surface area contributed by atoms with E-state index < -0.39 is 10.0 Å². The van der Waals surface area contributed by atoms with Crippen molar-refractivity contribution >= 4 is 33.4 Å². The van der Waals surface area contributed by atoms with Crippen molar-refractivity contribution in [2.45, 2.75) is 30.1 Å². The number of para-hydroxylation sites is 1. The minimum Gasteiger partial charge on any atom is -0.370 e. The molecule has 0 fully saturated rings. The number of aryl methyl sites for hydroxylation is 2. The van der Waals surface area contributed by atoms with Crippen molar-refractivity contribution < 1.29 is 13.2 Å². The number of carbonyl (C=O) groups is 1. The lowest BCUT2D eigenvalue weighted by Crippen LogP contribution is -2.15. The first-order chi connectivity index (χ1) is 11.3. The average Bonchev–Trinajstić information content (AvgIpc) is 2.48. The van der Waals surface area contributed by atoms with Gasteiger partial charge >= 0.3 is 0 Å². The summed E-state index contributed by atoms with van der Waals surface area (Å²) in [4.78, 5) is 11.9. The highest BCUT2D eigenvalue weighted by molar-refractivity contribution is 7.99.